The summed E-state index contributed by atoms with van der Waals surface area (Å²) in [6.45, 7) is 1.78. The first-order chi connectivity index (χ1) is 12.5. The lowest BCUT2D eigenvalue weighted by molar-refractivity contribution is -0.121. The first-order valence-corrected chi connectivity index (χ1v) is 9.73. The van der Waals surface area contributed by atoms with E-state index in [0.717, 1.165) is 24.9 Å². The molecule has 0 radical (unpaired) electrons. The number of carbonyl (C=O) groups is 1. The zero-order valence-electron chi connectivity index (χ0n) is 14.4. The average Bonchev–Trinajstić information content (AvgIpc) is 3.10. The molecule has 1 amide bonds. The summed E-state index contributed by atoms with van der Waals surface area (Å²) in [7, 11) is 0. The SMILES string of the molecule is C[C@H](Sc1nnnn1-c1cccc(Cl)c1)C(=O)NC1(C#N)CCCCC1. The fourth-order valence-electron chi connectivity index (χ4n) is 2.99. The second kappa shape index (κ2) is 8.06. The predicted molar refractivity (Wildman–Crippen MR) is 99.1 cm³/mol. The topological polar surface area (TPSA) is 96.5 Å². The van der Waals surface area contributed by atoms with Gasteiger partial charge in [0.1, 0.15) is 5.54 Å². The predicted octanol–water partition coefficient (Wildman–Crippen LogP) is 3.14. The Balaban J connectivity index is 1.71. The zero-order valence-corrected chi connectivity index (χ0v) is 15.9. The number of halogens is 1. The van der Waals surface area contributed by atoms with Gasteiger partial charge in [-0.05, 0) is 48.4 Å². The van der Waals surface area contributed by atoms with Crippen LogP contribution in [0.3, 0.4) is 0 Å². The highest BCUT2D eigenvalue weighted by Crippen LogP contribution is 2.29. The second-order valence-electron chi connectivity index (χ2n) is 6.36. The molecular weight excluding hydrogens is 372 g/mol. The van der Waals surface area contributed by atoms with E-state index in [9.17, 15) is 10.1 Å². The Hall–Kier alpha value is -2.11. The number of nitrogens with one attached hydrogen (secondary N) is 1. The number of thioether (sulfide) groups is 1. The molecule has 1 aliphatic carbocycles. The number of tetrazole rings is 1. The molecular formula is C17H19ClN6OS. The zero-order chi connectivity index (χ0) is 18.6. The standard InChI is InChI=1S/C17H19ClN6OS/c1-12(15(25)20-17(11-19)8-3-2-4-9-17)26-16-21-22-23-24(16)14-7-5-6-13(18)10-14/h5-7,10,12H,2-4,8-9H2,1H3,(H,20,25)/t12-/m0/s1. The summed E-state index contributed by atoms with van der Waals surface area (Å²) in [5.74, 6) is -0.181. The molecule has 3 rings (SSSR count). The van der Waals surface area contributed by atoms with Crippen LogP contribution in [-0.4, -0.2) is 36.9 Å². The summed E-state index contributed by atoms with van der Waals surface area (Å²) in [5.41, 5.74) is -0.0263. The molecule has 0 aliphatic heterocycles. The molecule has 1 aliphatic rings. The van der Waals surface area contributed by atoms with Gasteiger partial charge in [-0.3, -0.25) is 4.79 Å². The first kappa shape index (κ1) is 18.7. The van der Waals surface area contributed by atoms with Crippen molar-refractivity contribution in [2.75, 3.05) is 0 Å². The molecule has 1 atom stereocenters. The van der Waals surface area contributed by atoms with Crippen LogP contribution in [0.25, 0.3) is 5.69 Å². The van der Waals surface area contributed by atoms with Gasteiger partial charge in [-0.15, -0.1) is 5.10 Å². The minimum Gasteiger partial charge on any atom is -0.337 e. The summed E-state index contributed by atoms with van der Waals surface area (Å²) in [6.07, 6.45) is 4.43. The lowest BCUT2D eigenvalue weighted by Gasteiger charge is -2.32. The van der Waals surface area contributed by atoms with Crippen LogP contribution in [0.15, 0.2) is 29.4 Å². The highest BCUT2D eigenvalue weighted by atomic mass is 35.5. The molecule has 0 unspecified atom stereocenters. The van der Waals surface area contributed by atoms with Gasteiger partial charge >= 0.3 is 0 Å². The average molecular weight is 391 g/mol. The number of aromatic nitrogens is 4. The van der Waals surface area contributed by atoms with E-state index >= 15 is 0 Å². The molecule has 1 N–H and O–H groups in total. The van der Waals surface area contributed by atoms with Crippen molar-refractivity contribution in [2.24, 2.45) is 0 Å². The van der Waals surface area contributed by atoms with Crippen molar-refractivity contribution in [1.82, 2.24) is 25.5 Å². The molecule has 2 aromatic rings. The molecule has 1 aromatic heterocycles. The maximum Gasteiger partial charge on any atom is 0.234 e. The Bertz CT molecular complexity index is 827. The fourth-order valence-corrected chi connectivity index (χ4v) is 3.98. The molecule has 1 heterocycles. The highest BCUT2D eigenvalue weighted by molar-refractivity contribution is 8.00. The maximum absolute atomic E-state index is 12.6. The van der Waals surface area contributed by atoms with E-state index in [1.807, 2.05) is 12.1 Å². The van der Waals surface area contributed by atoms with Crippen molar-refractivity contribution in [1.29, 1.82) is 5.26 Å². The van der Waals surface area contributed by atoms with E-state index in [2.05, 4.69) is 26.9 Å². The van der Waals surface area contributed by atoms with Crippen molar-refractivity contribution in [2.45, 2.75) is 55.0 Å². The van der Waals surface area contributed by atoms with Gasteiger partial charge in [0, 0.05) is 5.02 Å². The number of hydrogen-bond acceptors (Lipinski definition) is 6. The molecule has 0 saturated heterocycles. The van der Waals surface area contributed by atoms with E-state index < -0.39 is 10.8 Å². The number of hydrogen-bond donors (Lipinski definition) is 1. The van der Waals surface area contributed by atoms with E-state index in [4.69, 9.17) is 11.6 Å². The maximum atomic E-state index is 12.6. The van der Waals surface area contributed by atoms with Crippen molar-refractivity contribution < 1.29 is 4.79 Å². The Morgan fingerprint density at radius 3 is 2.88 bits per heavy atom. The van der Waals surface area contributed by atoms with Gasteiger partial charge in [0.2, 0.25) is 11.1 Å². The van der Waals surface area contributed by atoms with E-state index in [1.54, 1.807) is 23.7 Å². The van der Waals surface area contributed by atoms with Crippen molar-refractivity contribution in [3.63, 3.8) is 0 Å². The Labute approximate surface area is 161 Å². The van der Waals surface area contributed by atoms with Crippen LogP contribution in [0.5, 0.6) is 0 Å². The van der Waals surface area contributed by atoms with Crippen LogP contribution >= 0.6 is 23.4 Å². The summed E-state index contributed by atoms with van der Waals surface area (Å²) < 4.78 is 1.54. The third-order valence-corrected chi connectivity index (χ3v) is 5.70. The molecule has 7 nitrogen and oxygen atoms in total. The normalized spacial score (nSPS) is 17.3. The monoisotopic (exact) mass is 390 g/mol. The molecule has 9 heteroatoms. The van der Waals surface area contributed by atoms with Crippen molar-refractivity contribution in [3.8, 4) is 11.8 Å². The number of nitrogens with zero attached hydrogens (tertiary/aromatic N) is 5. The van der Waals surface area contributed by atoms with Gasteiger partial charge in [0.15, 0.2) is 0 Å². The van der Waals surface area contributed by atoms with Crippen LogP contribution in [-0.2, 0) is 4.79 Å². The van der Waals surface area contributed by atoms with Crippen LogP contribution in [0.1, 0.15) is 39.0 Å². The van der Waals surface area contributed by atoms with Gasteiger partial charge in [-0.1, -0.05) is 48.7 Å². The number of carbonyl (C=O) groups excluding carboxylic acids is 1. The van der Waals surface area contributed by atoms with Gasteiger partial charge in [-0.25, -0.2) is 0 Å². The highest BCUT2D eigenvalue weighted by Gasteiger charge is 2.35. The molecule has 136 valence electrons. The molecule has 1 fully saturated rings. The Kier molecular flexibility index (Phi) is 5.79. The summed E-state index contributed by atoms with van der Waals surface area (Å²) >= 11 is 7.27. The van der Waals surface area contributed by atoms with Gasteiger partial charge in [-0.2, -0.15) is 9.94 Å². The van der Waals surface area contributed by atoms with Gasteiger partial charge < -0.3 is 5.32 Å². The molecule has 0 bridgehead atoms. The largest absolute Gasteiger partial charge is 0.337 e. The van der Waals surface area contributed by atoms with Gasteiger partial charge in [0.25, 0.3) is 0 Å². The smallest absolute Gasteiger partial charge is 0.234 e. The second-order valence-corrected chi connectivity index (χ2v) is 8.10. The van der Waals surface area contributed by atoms with Crippen molar-refractivity contribution in [3.05, 3.63) is 29.3 Å². The third-order valence-electron chi connectivity index (χ3n) is 4.43. The number of amides is 1. The van der Waals surface area contributed by atoms with E-state index in [0.29, 0.717) is 23.0 Å². The fraction of sp³-hybridized carbons (Fsp3) is 0.471. The molecule has 1 aromatic carbocycles. The summed E-state index contributed by atoms with van der Waals surface area (Å²) in [5, 5.41) is 24.8. The van der Waals surface area contributed by atoms with Crippen LogP contribution < -0.4 is 5.32 Å². The molecule has 26 heavy (non-hydrogen) atoms. The number of benzene rings is 1. The van der Waals surface area contributed by atoms with Gasteiger partial charge in [0.05, 0.1) is 17.0 Å². The first-order valence-electron chi connectivity index (χ1n) is 8.47. The van der Waals surface area contributed by atoms with Crippen LogP contribution in [0.4, 0.5) is 0 Å². The quantitative estimate of drug-likeness (QED) is 0.788. The molecule has 0 spiro atoms. The lowest BCUT2D eigenvalue weighted by Crippen LogP contribution is -2.50. The Morgan fingerprint density at radius 1 is 1.42 bits per heavy atom. The van der Waals surface area contributed by atoms with Crippen LogP contribution in [0, 0.1) is 11.3 Å². The Morgan fingerprint density at radius 2 is 2.19 bits per heavy atom. The lowest BCUT2D eigenvalue weighted by atomic mass is 9.83. The van der Waals surface area contributed by atoms with E-state index in [-0.39, 0.29) is 5.91 Å². The summed E-state index contributed by atoms with van der Waals surface area (Å²) in [6, 6.07) is 9.47. The van der Waals surface area contributed by atoms with Crippen molar-refractivity contribution >= 4 is 29.3 Å². The minimum atomic E-state index is -0.747. The molecule has 1 saturated carbocycles. The van der Waals surface area contributed by atoms with E-state index in [1.165, 1.54) is 11.8 Å². The third kappa shape index (κ3) is 4.17. The number of rotatable bonds is 5. The summed E-state index contributed by atoms with van der Waals surface area (Å²) in [4.78, 5) is 12.6. The van der Waals surface area contributed by atoms with Crippen LogP contribution in [0.2, 0.25) is 5.02 Å². The number of nitriles is 1. The minimum absolute atomic E-state index is 0.181.